The first-order valence-corrected chi connectivity index (χ1v) is 10.7. The number of fused-ring (bicyclic) bond motifs is 2. The van der Waals surface area contributed by atoms with Crippen LogP contribution in [0.25, 0.3) is 0 Å². The van der Waals surface area contributed by atoms with Crippen molar-refractivity contribution in [3.63, 3.8) is 0 Å². The van der Waals surface area contributed by atoms with Crippen LogP contribution in [0.3, 0.4) is 0 Å². The van der Waals surface area contributed by atoms with Crippen LogP contribution < -0.4 is 5.32 Å². The van der Waals surface area contributed by atoms with Gasteiger partial charge >= 0.3 is 5.97 Å². The third-order valence-electron chi connectivity index (χ3n) is 5.23. The average Bonchev–Trinajstić information content (AvgIpc) is 2.64. The van der Waals surface area contributed by atoms with Crippen LogP contribution in [0.15, 0.2) is 29.2 Å². The molecule has 2 aliphatic rings. The Morgan fingerprint density at radius 3 is 2.48 bits per heavy atom. The SMILES string of the molecule is O=C(COC(=O)C1C[C@H]2CCC[C@H](C1)C2=O)NCCSc1ccc(Cl)cc1. The van der Waals surface area contributed by atoms with Crippen molar-refractivity contribution in [2.45, 2.75) is 37.0 Å². The molecular weight excluding hydrogens is 386 g/mol. The minimum absolute atomic E-state index is 0.00812. The third kappa shape index (κ3) is 5.72. The van der Waals surface area contributed by atoms with Crippen molar-refractivity contribution in [1.82, 2.24) is 5.32 Å². The van der Waals surface area contributed by atoms with Crippen LogP contribution >= 0.6 is 23.4 Å². The molecule has 1 amide bonds. The molecule has 2 bridgehead atoms. The van der Waals surface area contributed by atoms with Crippen molar-refractivity contribution < 1.29 is 19.1 Å². The lowest BCUT2D eigenvalue weighted by atomic mass is 9.67. The molecule has 5 nitrogen and oxygen atoms in total. The van der Waals surface area contributed by atoms with Gasteiger partial charge in [0.25, 0.3) is 5.91 Å². The molecule has 1 N–H and O–H groups in total. The maximum Gasteiger partial charge on any atom is 0.309 e. The topological polar surface area (TPSA) is 72.5 Å². The first-order chi connectivity index (χ1) is 13.0. The number of ether oxygens (including phenoxy) is 1. The van der Waals surface area contributed by atoms with Gasteiger partial charge in [-0.1, -0.05) is 18.0 Å². The van der Waals surface area contributed by atoms with Crippen molar-refractivity contribution in [2.24, 2.45) is 17.8 Å². The predicted molar refractivity (Wildman–Crippen MR) is 105 cm³/mol. The number of hydrogen-bond acceptors (Lipinski definition) is 5. The molecule has 0 saturated heterocycles. The lowest BCUT2D eigenvalue weighted by Gasteiger charge is -2.36. The molecule has 2 saturated carbocycles. The second-order valence-corrected chi connectivity index (χ2v) is 8.76. The number of nitrogens with one attached hydrogen (secondary N) is 1. The minimum Gasteiger partial charge on any atom is -0.455 e. The zero-order valence-corrected chi connectivity index (χ0v) is 16.7. The molecule has 3 rings (SSSR count). The monoisotopic (exact) mass is 409 g/mol. The Bertz CT molecular complexity index is 678. The molecule has 27 heavy (non-hydrogen) atoms. The number of carbonyl (C=O) groups excluding carboxylic acids is 3. The van der Waals surface area contributed by atoms with E-state index in [-0.39, 0.29) is 36.2 Å². The number of halogens is 1. The molecule has 1 aromatic rings. The minimum atomic E-state index is -0.343. The maximum atomic E-state index is 12.3. The smallest absolute Gasteiger partial charge is 0.309 e. The van der Waals surface area contributed by atoms with Crippen LogP contribution in [0.2, 0.25) is 5.02 Å². The number of esters is 1. The highest BCUT2D eigenvalue weighted by Gasteiger charge is 2.41. The number of carbonyl (C=O) groups is 3. The third-order valence-corrected chi connectivity index (χ3v) is 6.50. The van der Waals surface area contributed by atoms with Gasteiger partial charge in [-0.05, 0) is 49.9 Å². The molecule has 0 unspecified atom stereocenters. The zero-order chi connectivity index (χ0) is 19.2. The van der Waals surface area contributed by atoms with E-state index >= 15 is 0 Å². The molecule has 146 valence electrons. The van der Waals surface area contributed by atoms with Crippen LogP contribution in [0.5, 0.6) is 0 Å². The number of hydrogen-bond donors (Lipinski definition) is 1. The van der Waals surface area contributed by atoms with Gasteiger partial charge in [-0.2, -0.15) is 0 Å². The van der Waals surface area contributed by atoms with Gasteiger partial charge in [0.15, 0.2) is 6.61 Å². The van der Waals surface area contributed by atoms with Crippen molar-refractivity contribution in [1.29, 1.82) is 0 Å². The average molecular weight is 410 g/mol. The van der Waals surface area contributed by atoms with Crippen LogP contribution in [0.4, 0.5) is 0 Å². The summed E-state index contributed by atoms with van der Waals surface area (Å²) in [4.78, 5) is 37.3. The number of Topliss-reactive ketones (excluding diaryl/α,β-unsaturated/α-hetero) is 1. The Hall–Kier alpha value is -1.53. The lowest BCUT2D eigenvalue weighted by molar-refractivity contribution is -0.156. The van der Waals surface area contributed by atoms with Crippen molar-refractivity contribution in [2.75, 3.05) is 18.9 Å². The van der Waals surface area contributed by atoms with E-state index in [9.17, 15) is 14.4 Å². The van der Waals surface area contributed by atoms with E-state index < -0.39 is 0 Å². The van der Waals surface area contributed by atoms with Crippen LogP contribution in [0.1, 0.15) is 32.1 Å². The maximum absolute atomic E-state index is 12.3. The fourth-order valence-corrected chi connectivity index (χ4v) is 4.76. The second-order valence-electron chi connectivity index (χ2n) is 7.16. The fourth-order valence-electron chi connectivity index (χ4n) is 3.87. The Balaban J connectivity index is 1.32. The first-order valence-electron chi connectivity index (χ1n) is 9.38. The molecule has 2 aliphatic carbocycles. The van der Waals surface area contributed by atoms with Crippen molar-refractivity contribution >= 4 is 41.0 Å². The summed E-state index contributed by atoms with van der Waals surface area (Å²) in [5, 5.41) is 3.45. The largest absolute Gasteiger partial charge is 0.455 e. The molecule has 0 aliphatic heterocycles. The van der Waals surface area contributed by atoms with E-state index in [2.05, 4.69) is 5.32 Å². The number of amides is 1. The van der Waals surface area contributed by atoms with E-state index in [0.717, 1.165) is 29.9 Å². The van der Waals surface area contributed by atoms with Gasteiger partial charge in [0.05, 0.1) is 5.92 Å². The highest BCUT2D eigenvalue weighted by atomic mass is 35.5. The number of thioether (sulfide) groups is 1. The molecule has 0 spiro atoms. The van der Waals surface area contributed by atoms with Crippen molar-refractivity contribution in [3.8, 4) is 0 Å². The molecule has 2 fully saturated rings. The number of rotatable bonds is 7. The Labute approximate surface area is 168 Å². The normalized spacial score (nSPS) is 24.3. The molecular formula is C20H24ClNO4S. The summed E-state index contributed by atoms with van der Waals surface area (Å²) in [6, 6.07) is 7.52. The predicted octanol–water partition coefficient (Wildman–Crippen LogP) is 3.49. The summed E-state index contributed by atoms with van der Waals surface area (Å²) in [5.74, 6) is 0.169. The summed E-state index contributed by atoms with van der Waals surface area (Å²) in [5.41, 5.74) is 0. The van der Waals surface area contributed by atoms with Gasteiger partial charge < -0.3 is 10.1 Å². The van der Waals surface area contributed by atoms with Gasteiger partial charge in [0.2, 0.25) is 0 Å². The van der Waals surface area contributed by atoms with E-state index in [1.807, 2.05) is 24.3 Å². The summed E-state index contributed by atoms with van der Waals surface area (Å²) < 4.78 is 5.19. The van der Waals surface area contributed by atoms with Gasteiger partial charge in [-0.15, -0.1) is 11.8 Å². The van der Waals surface area contributed by atoms with Gasteiger partial charge in [0, 0.05) is 34.1 Å². The van der Waals surface area contributed by atoms with Crippen LogP contribution in [-0.4, -0.2) is 36.6 Å². The van der Waals surface area contributed by atoms with E-state index in [1.54, 1.807) is 11.8 Å². The fraction of sp³-hybridized carbons (Fsp3) is 0.550. The Morgan fingerprint density at radius 1 is 1.15 bits per heavy atom. The molecule has 2 atom stereocenters. The summed E-state index contributed by atoms with van der Waals surface area (Å²) >= 11 is 7.46. The highest BCUT2D eigenvalue weighted by Crippen LogP contribution is 2.40. The first kappa shape index (κ1) is 20.2. The Kier molecular flexibility index (Phi) is 7.19. The van der Waals surface area contributed by atoms with Crippen LogP contribution in [0, 0.1) is 17.8 Å². The Morgan fingerprint density at radius 2 is 1.81 bits per heavy atom. The van der Waals surface area contributed by atoms with E-state index in [0.29, 0.717) is 30.2 Å². The summed E-state index contributed by atoms with van der Waals surface area (Å²) in [7, 11) is 0. The van der Waals surface area contributed by atoms with Gasteiger partial charge in [0.1, 0.15) is 5.78 Å². The standard InChI is InChI=1S/C20H24ClNO4S/c21-16-4-6-17(7-5-16)27-9-8-22-18(23)12-26-20(25)15-10-13-2-1-3-14(11-15)19(13)24/h4-7,13-15H,1-3,8-12H2,(H,22,23)/t13-,14-/m1/s1. The molecule has 1 aromatic carbocycles. The van der Waals surface area contributed by atoms with E-state index in [4.69, 9.17) is 16.3 Å². The molecule has 0 radical (unpaired) electrons. The molecule has 7 heteroatoms. The number of benzene rings is 1. The zero-order valence-electron chi connectivity index (χ0n) is 15.1. The van der Waals surface area contributed by atoms with Crippen LogP contribution in [-0.2, 0) is 19.1 Å². The molecule has 0 aromatic heterocycles. The highest BCUT2D eigenvalue weighted by molar-refractivity contribution is 7.99. The summed E-state index contributed by atoms with van der Waals surface area (Å²) in [6.07, 6.45) is 3.98. The quantitative estimate of drug-likeness (QED) is 0.424. The second kappa shape index (κ2) is 9.60. The lowest BCUT2D eigenvalue weighted by Crippen LogP contribution is -2.40. The van der Waals surface area contributed by atoms with E-state index in [1.165, 1.54) is 0 Å². The number of ketones is 1. The molecule has 0 heterocycles. The summed E-state index contributed by atoms with van der Waals surface area (Å²) in [6.45, 7) is 0.232. The van der Waals surface area contributed by atoms with Gasteiger partial charge in [-0.3, -0.25) is 14.4 Å². The van der Waals surface area contributed by atoms with Gasteiger partial charge in [-0.25, -0.2) is 0 Å². The van der Waals surface area contributed by atoms with Crippen molar-refractivity contribution in [3.05, 3.63) is 29.3 Å².